The summed E-state index contributed by atoms with van der Waals surface area (Å²) in [7, 11) is 0. The standard InChI is InChI=1S/C28H33N7OS/c1-5-11-35-27(36)22-18-29-28(31-25(22)26(32-35)24-8-6-16-37-24)30-21-9-10-23(20(4)17-21)34-13-7-12-33(14-15-34)19(2)3/h5-6,8-10,16-19H,1,7,11-15H2,2-4H3,(H,29,30,31). The van der Waals surface area contributed by atoms with Crippen LogP contribution in [0.3, 0.4) is 0 Å². The fourth-order valence-electron chi connectivity index (χ4n) is 4.87. The molecule has 9 heteroatoms. The van der Waals surface area contributed by atoms with Gasteiger partial charge in [0.2, 0.25) is 5.95 Å². The van der Waals surface area contributed by atoms with Crippen LogP contribution in [0.5, 0.6) is 0 Å². The van der Waals surface area contributed by atoms with Gasteiger partial charge in [0.1, 0.15) is 11.2 Å². The van der Waals surface area contributed by atoms with Crippen molar-refractivity contribution in [3.05, 3.63) is 70.5 Å². The molecule has 37 heavy (non-hydrogen) atoms. The summed E-state index contributed by atoms with van der Waals surface area (Å²) in [6, 6.07) is 10.9. The maximum absolute atomic E-state index is 13.0. The van der Waals surface area contributed by atoms with Gasteiger partial charge in [-0.3, -0.25) is 9.69 Å². The van der Waals surface area contributed by atoms with Crippen molar-refractivity contribution in [1.82, 2.24) is 24.6 Å². The number of benzene rings is 1. The van der Waals surface area contributed by atoms with Crippen LogP contribution < -0.4 is 15.8 Å². The molecule has 0 atom stereocenters. The minimum atomic E-state index is -0.226. The number of fused-ring (bicyclic) bond motifs is 1. The number of anilines is 3. The van der Waals surface area contributed by atoms with Crippen molar-refractivity contribution in [2.75, 3.05) is 36.4 Å². The molecule has 0 radical (unpaired) electrons. The summed E-state index contributed by atoms with van der Waals surface area (Å²) < 4.78 is 1.41. The molecular formula is C28H33N7OS. The van der Waals surface area contributed by atoms with Gasteiger partial charge in [0.05, 0.1) is 16.8 Å². The van der Waals surface area contributed by atoms with Gasteiger partial charge in [-0.2, -0.15) is 5.10 Å². The van der Waals surface area contributed by atoms with Crippen molar-refractivity contribution in [2.45, 2.75) is 39.8 Å². The molecule has 0 saturated carbocycles. The quantitative estimate of drug-likeness (QED) is 0.344. The van der Waals surface area contributed by atoms with Crippen LogP contribution in [0.1, 0.15) is 25.8 Å². The minimum Gasteiger partial charge on any atom is -0.370 e. The number of hydrogen-bond acceptors (Lipinski definition) is 8. The highest BCUT2D eigenvalue weighted by atomic mass is 32.1. The lowest BCUT2D eigenvalue weighted by molar-refractivity contribution is 0.238. The predicted octanol–water partition coefficient (Wildman–Crippen LogP) is 5.07. The molecule has 1 saturated heterocycles. The SMILES string of the molecule is C=CCn1nc(-c2cccs2)c2nc(Nc3ccc(N4CCCN(C(C)C)CC4)c(C)c3)ncc2c1=O. The van der Waals surface area contributed by atoms with Gasteiger partial charge in [-0.1, -0.05) is 12.1 Å². The van der Waals surface area contributed by atoms with Gasteiger partial charge in [-0.15, -0.1) is 17.9 Å². The highest BCUT2D eigenvalue weighted by Gasteiger charge is 2.19. The van der Waals surface area contributed by atoms with E-state index < -0.39 is 0 Å². The molecule has 0 bridgehead atoms. The molecule has 4 aromatic rings. The Kier molecular flexibility index (Phi) is 7.34. The molecule has 3 aromatic heterocycles. The van der Waals surface area contributed by atoms with Crippen molar-refractivity contribution in [1.29, 1.82) is 0 Å². The first-order valence-electron chi connectivity index (χ1n) is 12.7. The second-order valence-electron chi connectivity index (χ2n) is 9.65. The molecule has 1 N–H and O–H groups in total. The molecule has 0 spiro atoms. The molecule has 0 amide bonds. The van der Waals surface area contributed by atoms with Gasteiger partial charge in [-0.05, 0) is 62.4 Å². The Morgan fingerprint density at radius 3 is 2.78 bits per heavy atom. The molecule has 1 aliphatic heterocycles. The van der Waals surface area contributed by atoms with Crippen molar-refractivity contribution in [3.63, 3.8) is 0 Å². The van der Waals surface area contributed by atoms with Crippen molar-refractivity contribution in [3.8, 4) is 10.6 Å². The molecule has 0 unspecified atom stereocenters. The van der Waals surface area contributed by atoms with Gasteiger partial charge in [0, 0.05) is 49.8 Å². The molecule has 1 aromatic carbocycles. The van der Waals surface area contributed by atoms with Gasteiger partial charge in [0.15, 0.2) is 0 Å². The summed E-state index contributed by atoms with van der Waals surface area (Å²) in [6.45, 7) is 15.1. The second-order valence-corrected chi connectivity index (χ2v) is 10.6. The van der Waals surface area contributed by atoms with E-state index in [0.717, 1.165) is 43.2 Å². The van der Waals surface area contributed by atoms with Gasteiger partial charge < -0.3 is 10.2 Å². The first-order chi connectivity index (χ1) is 17.9. The van der Waals surface area contributed by atoms with E-state index in [-0.39, 0.29) is 5.56 Å². The largest absolute Gasteiger partial charge is 0.370 e. The van der Waals surface area contributed by atoms with E-state index in [4.69, 9.17) is 4.98 Å². The van der Waals surface area contributed by atoms with Crippen LogP contribution in [0.4, 0.5) is 17.3 Å². The van der Waals surface area contributed by atoms with E-state index in [2.05, 4.69) is 70.7 Å². The lowest BCUT2D eigenvalue weighted by atomic mass is 10.1. The molecule has 4 heterocycles. The Morgan fingerprint density at radius 1 is 1.19 bits per heavy atom. The fraction of sp³-hybridized carbons (Fsp3) is 0.357. The Bertz CT molecular complexity index is 1460. The van der Waals surface area contributed by atoms with Crippen molar-refractivity contribution < 1.29 is 0 Å². The topological polar surface area (TPSA) is 79.2 Å². The fourth-order valence-corrected chi connectivity index (χ4v) is 5.58. The zero-order valence-electron chi connectivity index (χ0n) is 21.6. The molecule has 1 aliphatic rings. The maximum Gasteiger partial charge on any atom is 0.278 e. The van der Waals surface area contributed by atoms with Crippen molar-refractivity contribution in [2.24, 2.45) is 0 Å². The lowest BCUT2D eigenvalue weighted by Crippen LogP contribution is -2.35. The van der Waals surface area contributed by atoms with E-state index in [1.165, 1.54) is 15.9 Å². The summed E-state index contributed by atoms with van der Waals surface area (Å²) in [6.07, 6.45) is 4.41. The number of rotatable bonds is 7. The average molecular weight is 516 g/mol. The van der Waals surface area contributed by atoms with Crippen LogP contribution in [-0.2, 0) is 6.54 Å². The number of nitrogens with zero attached hydrogens (tertiary/aromatic N) is 6. The van der Waals surface area contributed by atoms with Crippen LogP contribution in [-0.4, -0.2) is 56.9 Å². The number of hydrogen-bond donors (Lipinski definition) is 1. The zero-order chi connectivity index (χ0) is 25.9. The minimum absolute atomic E-state index is 0.226. The van der Waals surface area contributed by atoms with Crippen LogP contribution >= 0.6 is 11.3 Å². The number of aromatic nitrogens is 4. The van der Waals surface area contributed by atoms with E-state index in [1.54, 1.807) is 23.6 Å². The predicted molar refractivity (Wildman–Crippen MR) is 153 cm³/mol. The summed E-state index contributed by atoms with van der Waals surface area (Å²) >= 11 is 1.56. The number of thiophene rings is 1. The number of allylic oxidation sites excluding steroid dienone is 1. The van der Waals surface area contributed by atoms with E-state index >= 15 is 0 Å². The van der Waals surface area contributed by atoms with E-state index in [1.807, 2.05) is 17.5 Å². The van der Waals surface area contributed by atoms with Gasteiger partial charge in [-0.25, -0.2) is 14.6 Å². The van der Waals surface area contributed by atoms with Crippen LogP contribution in [0, 0.1) is 6.92 Å². The highest BCUT2D eigenvalue weighted by molar-refractivity contribution is 7.13. The summed E-state index contributed by atoms with van der Waals surface area (Å²) in [5.74, 6) is 0.433. The summed E-state index contributed by atoms with van der Waals surface area (Å²) in [5.41, 5.74) is 4.36. The normalized spacial score (nSPS) is 14.8. The molecular weight excluding hydrogens is 482 g/mol. The summed E-state index contributed by atoms with van der Waals surface area (Å²) in [5, 5.41) is 10.4. The molecule has 0 aliphatic carbocycles. The Hall–Kier alpha value is -3.56. The monoisotopic (exact) mass is 515 g/mol. The first kappa shape index (κ1) is 25.1. The second kappa shape index (κ2) is 10.8. The molecule has 5 rings (SSSR count). The van der Waals surface area contributed by atoms with E-state index in [0.29, 0.717) is 35.1 Å². The average Bonchev–Trinajstić information content (AvgIpc) is 3.30. The zero-order valence-corrected chi connectivity index (χ0v) is 22.5. The van der Waals surface area contributed by atoms with Crippen LogP contribution in [0.2, 0.25) is 0 Å². The third-order valence-corrected chi connectivity index (χ3v) is 7.69. The smallest absolute Gasteiger partial charge is 0.278 e. The number of nitrogens with one attached hydrogen (secondary N) is 1. The lowest BCUT2D eigenvalue weighted by Gasteiger charge is -2.27. The maximum atomic E-state index is 13.0. The highest BCUT2D eigenvalue weighted by Crippen LogP contribution is 2.29. The molecule has 1 fully saturated rings. The van der Waals surface area contributed by atoms with Gasteiger partial charge in [0.25, 0.3) is 5.56 Å². The molecule has 192 valence electrons. The third kappa shape index (κ3) is 5.28. The van der Waals surface area contributed by atoms with Crippen molar-refractivity contribution >= 4 is 39.6 Å². The Morgan fingerprint density at radius 2 is 2.05 bits per heavy atom. The molecule has 8 nitrogen and oxygen atoms in total. The van der Waals surface area contributed by atoms with Gasteiger partial charge >= 0.3 is 0 Å². The summed E-state index contributed by atoms with van der Waals surface area (Å²) in [4.78, 5) is 28.2. The third-order valence-electron chi connectivity index (χ3n) is 6.81. The van der Waals surface area contributed by atoms with E-state index in [9.17, 15) is 4.79 Å². The van der Waals surface area contributed by atoms with Crippen LogP contribution in [0.25, 0.3) is 21.5 Å². The van der Waals surface area contributed by atoms with Crippen LogP contribution in [0.15, 0.2) is 59.4 Å². The Balaban J connectivity index is 1.43. The first-order valence-corrected chi connectivity index (χ1v) is 13.6. The number of aryl methyl sites for hydroxylation is 1. The Labute approximate surface area is 221 Å².